The van der Waals surface area contributed by atoms with Gasteiger partial charge in [-0.1, -0.05) is 102 Å². The number of likely N-dealkylation sites (tertiary alicyclic amines) is 1. The van der Waals surface area contributed by atoms with Crippen molar-refractivity contribution < 1.29 is 33.6 Å². The van der Waals surface area contributed by atoms with Crippen molar-refractivity contribution in [2.24, 2.45) is 23.2 Å². The van der Waals surface area contributed by atoms with Crippen LogP contribution in [0.25, 0.3) is 0 Å². The lowest BCUT2D eigenvalue weighted by molar-refractivity contribution is -0.147. The maximum Gasteiger partial charge on any atom is 0.246 e. The van der Waals surface area contributed by atoms with E-state index in [-0.39, 0.29) is 84.7 Å². The molecule has 2 aliphatic heterocycles. The molecular weight excluding hydrogens is 921 g/mol. The maximum absolute atomic E-state index is 15.0. The molecule has 0 bridgehead atoms. The molecule has 4 aliphatic rings. The predicted octanol–water partition coefficient (Wildman–Crippen LogP) is 5.64. The van der Waals surface area contributed by atoms with Crippen LogP contribution in [0.5, 0.6) is 0 Å². The van der Waals surface area contributed by atoms with Crippen molar-refractivity contribution in [1.82, 2.24) is 41.7 Å². The number of fused-ring (bicyclic) bond motifs is 3. The number of aryl methyl sites for hydroxylation is 2. The molecular formula is C58H80N8O7. The third-order valence-electron chi connectivity index (χ3n) is 16.0. The molecule has 1 fully saturated rings. The largest absolute Gasteiger partial charge is 0.347 e. The predicted molar refractivity (Wildman–Crippen MR) is 282 cm³/mol. The average molecular weight is 1000 g/mol. The zero-order valence-electron chi connectivity index (χ0n) is 44.7. The molecule has 10 unspecified atom stereocenters. The van der Waals surface area contributed by atoms with Crippen molar-refractivity contribution in [3.05, 3.63) is 106 Å². The summed E-state index contributed by atoms with van der Waals surface area (Å²) in [4.78, 5) is 103. The molecule has 15 nitrogen and oxygen atoms in total. The molecule has 0 spiro atoms. The number of ketones is 1. The van der Waals surface area contributed by atoms with Gasteiger partial charge in [-0.25, -0.2) is 0 Å². The lowest BCUT2D eigenvalue weighted by Gasteiger charge is -2.42. The van der Waals surface area contributed by atoms with Crippen LogP contribution in [-0.4, -0.2) is 108 Å². The number of carbonyl (C=O) groups is 7. The molecule has 2 aliphatic carbocycles. The Kier molecular flexibility index (Phi) is 17.7. The van der Waals surface area contributed by atoms with E-state index in [2.05, 4.69) is 56.2 Å². The van der Waals surface area contributed by atoms with E-state index in [0.29, 0.717) is 18.4 Å². The van der Waals surface area contributed by atoms with E-state index in [9.17, 15) is 33.6 Å². The van der Waals surface area contributed by atoms with Gasteiger partial charge in [0.05, 0.1) is 24.2 Å². The van der Waals surface area contributed by atoms with Gasteiger partial charge in [0.2, 0.25) is 35.4 Å². The first-order valence-corrected chi connectivity index (χ1v) is 26.7. The zero-order chi connectivity index (χ0) is 52.9. The summed E-state index contributed by atoms with van der Waals surface area (Å²) < 4.78 is 0. The lowest BCUT2D eigenvalue weighted by atomic mass is 9.83. The van der Waals surface area contributed by atoms with E-state index in [1.807, 2.05) is 77.9 Å². The van der Waals surface area contributed by atoms with Crippen LogP contribution in [0.1, 0.15) is 150 Å². The van der Waals surface area contributed by atoms with Crippen LogP contribution < -0.4 is 31.9 Å². The number of nitrogens with zero attached hydrogens (tertiary/aromatic N) is 2. The molecule has 7 rings (SSSR count). The Bertz CT molecular complexity index is 2540. The summed E-state index contributed by atoms with van der Waals surface area (Å²) >= 11 is 0. The summed E-state index contributed by atoms with van der Waals surface area (Å²) in [6, 6.07) is 16.8. The zero-order valence-corrected chi connectivity index (χ0v) is 44.7. The second-order valence-corrected chi connectivity index (χ2v) is 22.6. The summed E-state index contributed by atoms with van der Waals surface area (Å²) in [5.74, 6) is -2.96. The van der Waals surface area contributed by atoms with Crippen LogP contribution in [0.2, 0.25) is 0 Å². The topological polar surface area (TPSA) is 198 Å². The third kappa shape index (κ3) is 12.5. The van der Waals surface area contributed by atoms with Crippen LogP contribution in [0.15, 0.2) is 66.7 Å². The van der Waals surface area contributed by atoms with Gasteiger partial charge in [0, 0.05) is 31.0 Å². The van der Waals surface area contributed by atoms with Crippen molar-refractivity contribution in [3.63, 3.8) is 0 Å². The highest BCUT2D eigenvalue weighted by Gasteiger charge is 2.46. The Hall–Kier alpha value is -5.93. The molecule has 3 aromatic rings. The molecule has 0 saturated carbocycles. The monoisotopic (exact) mass is 1000 g/mol. The number of rotatable bonds is 17. The SMILES string of the molecule is CNC(C)C(=O)NC(C(=O)N1CC(CC(C)C(=O)c2ccc3c(c2)CN(C(=O)C(NC(=O)C(C)NC)C(C)(C)C)C(C(=O)NC2CCCc4ccccc42)C3)CC1C(=O)NC1CCCc2ccccc21)C(C)C. The van der Waals surface area contributed by atoms with Gasteiger partial charge >= 0.3 is 0 Å². The number of carbonyl (C=O) groups excluding carboxylic acids is 7. The van der Waals surface area contributed by atoms with Gasteiger partial charge in [0.1, 0.15) is 24.2 Å². The Morgan fingerprint density at radius 3 is 1.74 bits per heavy atom. The first kappa shape index (κ1) is 54.8. The van der Waals surface area contributed by atoms with Gasteiger partial charge in [0.15, 0.2) is 5.78 Å². The first-order chi connectivity index (χ1) is 34.7. The second kappa shape index (κ2) is 23.5. The van der Waals surface area contributed by atoms with Crippen molar-refractivity contribution in [3.8, 4) is 0 Å². The second-order valence-electron chi connectivity index (χ2n) is 22.6. The van der Waals surface area contributed by atoms with Gasteiger partial charge < -0.3 is 41.7 Å². The molecule has 6 N–H and O–H groups in total. The highest BCUT2D eigenvalue weighted by molar-refractivity contribution is 5.99. The Morgan fingerprint density at radius 2 is 1.19 bits per heavy atom. The summed E-state index contributed by atoms with van der Waals surface area (Å²) in [7, 11) is 3.36. The molecule has 10 atom stereocenters. The lowest BCUT2D eigenvalue weighted by Crippen LogP contribution is -2.62. The first-order valence-electron chi connectivity index (χ1n) is 26.7. The smallest absolute Gasteiger partial charge is 0.246 e. The minimum Gasteiger partial charge on any atom is -0.347 e. The average Bonchev–Trinajstić information content (AvgIpc) is 3.81. The van der Waals surface area contributed by atoms with Crippen LogP contribution in [0.3, 0.4) is 0 Å². The van der Waals surface area contributed by atoms with Crippen LogP contribution >= 0.6 is 0 Å². The summed E-state index contributed by atoms with van der Waals surface area (Å²) in [5.41, 5.74) is 5.92. The molecule has 394 valence electrons. The van der Waals surface area contributed by atoms with Crippen molar-refractivity contribution >= 4 is 41.2 Å². The Balaban J connectivity index is 1.13. The highest BCUT2D eigenvalue weighted by atomic mass is 16.2. The van der Waals surface area contributed by atoms with Crippen molar-refractivity contribution in [1.29, 1.82) is 0 Å². The van der Waals surface area contributed by atoms with Gasteiger partial charge in [-0.2, -0.15) is 0 Å². The molecule has 6 amide bonds. The Morgan fingerprint density at radius 1 is 0.644 bits per heavy atom. The number of hydrogen-bond donors (Lipinski definition) is 6. The standard InChI is InChI=1S/C58H80N8O7/c1-33(2)49(63-52(68)35(4)59-9)56(72)65-31-37(28-47(65)54(70)61-45-23-15-19-38-17-11-13-21-43(38)45)27-34(3)50(67)41-26-25-40-30-48(55(71)62-46-24-16-20-39-18-12-14-22-44(39)46)66(32-42(40)29-41)57(73)51(58(6,7)8)64-53(69)36(5)60-10/h11-14,17-18,21-22,25-26,29,33-37,45-49,51,59-60H,15-16,19-20,23-24,27-28,30-32H2,1-10H3,(H,61,70)(H,62,71)(H,63,68)(H,64,69). The minimum absolute atomic E-state index is 0.0512. The fourth-order valence-corrected chi connectivity index (χ4v) is 11.3. The van der Waals surface area contributed by atoms with Crippen LogP contribution in [0.4, 0.5) is 0 Å². The number of amides is 6. The molecule has 2 heterocycles. The van der Waals surface area contributed by atoms with E-state index in [0.717, 1.165) is 60.8 Å². The number of Topliss-reactive ketones (excluding diaryl/α,β-unsaturated/α-hetero) is 1. The van der Waals surface area contributed by atoms with Crippen molar-refractivity contribution in [2.75, 3.05) is 20.6 Å². The van der Waals surface area contributed by atoms with Gasteiger partial charge in [-0.3, -0.25) is 33.6 Å². The number of benzene rings is 3. The summed E-state index contributed by atoms with van der Waals surface area (Å²) in [5, 5.41) is 18.4. The number of nitrogens with one attached hydrogen (secondary N) is 6. The minimum atomic E-state index is -0.959. The molecule has 3 aromatic carbocycles. The van der Waals surface area contributed by atoms with E-state index < -0.39 is 47.6 Å². The third-order valence-corrected chi connectivity index (χ3v) is 16.0. The Labute approximate surface area is 432 Å². The molecule has 73 heavy (non-hydrogen) atoms. The fraction of sp³-hybridized carbons (Fsp3) is 0.569. The summed E-state index contributed by atoms with van der Waals surface area (Å²) in [6.45, 7) is 15.0. The molecule has 15 heteroatoms. The number of likely N-dealkylation sites (N-methyl/N-ethyl adjacent to an activating group) is 2. The fourth-order valence-electron chi connectivity index (χ4n) is 11.3. The van der Waals surface area contributed by atoms with E-state index in [1.165, 1.54) is 11.1 Å². The van der Waals surface area contributed by atoms with Gasteiger partial charge in [-0.05, 0) is 136 Å². The van der Waals surface area contributed by atoms with Crippen LogP contribution in [-0.2, 0) is 54.6 Å². The maximum atomic E-state index is 15.0. The normalized spacial score (nSPS) is 22.6. The number of hydrogen-bond acceptors (Lipinski definition) is 9. The quantitative estimate of drug-likeness (QED) is 0.0928. The highest BCUT2D eigenvalue weighted by Crippen LogP contribution is 2.36. The van der Waals surface area contributed by atoms with Crippen LogP contribution in [0, 0.1) is 23.2 Å². The van der Waals surface area contributed by atoms with E-state index in [4.69, 9.17) is 0 Å². The van der Waals surface area contributed by atoms with E-state index >= 15 is 0 Å². The van der Waals surface area contributed by atoms with Gasteiger partial charge in [0.25, 0.3) is 0 Å². The molecule has 1 saturated heterocycles. The summed E-state index contributed by atoms with van der Waals surface area (Å²) in [6.07, 6.45) is 6.26. The van der Waals surface area contributed by atoms with E-state index in [1.54, 1.807) is 43.8 Å². The van der Waals surface area contributed by atoms with Crippen molar-refractivity contribution in [2.45, 2.75) is 168 Å². The van der Waals surface area contributed by atoms with Gasteiger partial charge in [-0.15, -0.1) is 0 Å². The molecule has 0 radical (unpaired) electrons. The molecule has 0 aromatic heterocycles.